The van der Waals surface area contributed by atoms with Crippen molar-refractivity contribution in [3.63, 3.8) is 0 Å². The fraction of sp³-hybridized carbons (Fsp3) is 0.722. The molecule has 0 saturated heterocycles. The van der Waals surface area contributed by atoms with Crippen LogP contribution in [0, 0.1) is 0 Å². The first-order valence-electron chi connectivity index (χ1n) is 8.91. The van der Waals surface area contributed by atoms with E-state index in [0.717, 1.165) is 32.5 Å². The van der Waals surface area contributed by atoms with Gasteiger partial charge in [0.15, 0.2) is 0 Å². The van der Waals surface area contributed by atoms with Crippen molar-refractivity contribution in [1.29, 1.82) is 0 Å². The van der Waals surface area contributed by atoms with E-state index in [4.69, 9.17) is 10.3 Å². The van der Waals surface area contributed by atoms with E-state index in [1.165, 1.54) is 50.5 Å². The maximum absolute atomic E-state index is 8.16. The van der Waals surface area contributed by atoms with Gasteiger partial charge in [0.2, 0.25) is 0 Å². The lowest BCUT2D eigenvalue weighted by molar-refractivity contribution is 0.127. The Morgan fingerprint density at radius 2 is 1.65 bits per heavy atom. The van der Waals surface area contributed by atoms with E-state index in [-0.39, 0.29) is 0 Å². The zero-order valence-corrected chi connectivity index (χ0v) is 14.2. The maximum Gasteiger partial charge on any atom is 0.0469 e. The molecule has 23 heavy (non-hydrogen) atoms. The second-order valence-corrected chi connectivity index (χ2v) is 5.86. The Kier molecular flexibility index (Phi) is 13.0. The predicted molar refractivity (Wildman–Crippen MR) is 94.3 cm³/mol. The van der Waals surface area contributed by atoms with Gasteiger partial charge < -0.3 is 4.74 Å². The maximum atomic E-state index is 8.16. The van der Waals surface area contributed by atoms with Crippen LogP contribution in [-0.4, -0.2) is 24.7 Å². The highest BCUT2D eigenvalue weighted by Gasteiger charge is 1.95. The van der Waals surface area contributed by atoms with E-state index in [1.807, 2.05) is 18.5 Å². The molecule has 0 aliphatic heterocycles. The van der Waals surface area contributed by atoms with E-state index in [0.29, 0.717) is 6.54 Å². The first-order valence-corrected chi connectivity index (χ1v) is 8.91. The average Bonchev–Trinajstić information content (AvgIpc) is 2.59. The molecule has 0 N–H and O–H groups in total. The standard InChI is InChI=1S/C18H30N4O/c19-22-21-14-7-5-3-1-2-4-6-8-15-23-16-10-12-18-11-9-13-20-17-18/h9,11,13,17H,1-8,10,12,14-16H2. The van der Waals surface area contributed by atoms with Crippen LogP contribution in [0.15, 0.2) is 29.6 Å². The number of pyridine rings is 1. The van der Waals surface area contributed by atoms with Gasteiger partial charge in [-0.1, -0.05) is 49.7 Å². The van der Waals surface area contributed by atoms with Crippen LogP contribution >= 0.6 is 0 Å². The summed E-state index contributed by atoms with van der Waals surface area (Å²) in [6.07, 6.45) is 15.7. The van der Waals surface area contributed by atoms with Crippen molar-refractivity contribution in [1.82, 2.24) is 4.98 Å². The normalized spacial score (nSPS) is 10.4. The molecular weight excluding hydrogens is 288 g/mol. The third kappa shape index (κ3) is 12.6. The molecule has 5 nitrogen and oxygen atoms in total. The third-order valence-corrected chi connectivity index (χ3v) is 3.84. The number of nitrogens with zero attached hydrogens (tertiary/aromatic N) is 4. The summed E-state index contributed by atoms with van der Waals surface area (Å²) in [5, 5.41) is 3.54. The molecule has 0 amide bonds. The average molecular weight is 318 g/mol. The van der Waals surface area contributed by atoms with Gasteiger partial charge in [-0.25, -0.2) is 0 Å². The van der Waals surface area contributed by atoms with E-state index in [9.17, 15) is 0 Å². The Morgan fingerprint density at radius 3 is 2.35 bits per heavy atom. The van der Waals surface area contributed by atoms with E-state index in [1.54, 1.807) is 0 Å². The van der Waals surface area contributed by atoms with Crippen LogP contribution < -0.4 is 0 Å². The molecule has 0 saturated carbocycles. The molecule has 1 aromatic heterocycles. The Labute approximate surface area is 140 Å². The molecule has 0 fully saturated rings. The SMILES string of the molecule is [N-]=[N+]=NCCCCCCCCCCOCCCc1cccnc1. The zero-order valence-electron chi connectivity index (χ0n) is 14.2. The lowest BCUT2D eigenvalue weighted by Crippen LogP contribution is -1.99. The molecule has 0 aliphatic rings. The predicted octanol–water partition coefficient (Wildman–Crippen LogP) is 5.46. The summed E-state index contributed by atoms with van der Waals surface area (Å²) in [6, 6.07) is 4.10. The van der Waals surface area contributed by atoms with Crippen LogP contribution in [0.2, 0.25) is 0 Å². The molecule has 1 rings (SSSR count). The lowest BCUT2D eigenvalue weighted by atomic mass is 10.1. The zero-order chi connectivity index (χ0) is 16.4. The topological polar surface area (TPSA) is 70.9 Å². The minimum Gasteiger partial charge on any atom is -0.381 e. The quantitative estimate of drug-likeness (QED) is 0.186. The Balaban J connectivity index is 1.74. The fourth-order valence-corrected chi connectivity index (χ4v) is 2.52. The van der Waals surface area contributed by atoms with Crippen LogP contribution in [0.5, 0.6) is 0 Å². The number of azide groups is 1. The molecule has 0 aliphatic carbocycles. The van der Waals surface area contributed by atoms with Crippen molar-refractivity contribution < 1.29 is 4.74 Å². The second kappa shape index (κ2) is 15.3. The highest BCUT2D eigenvalue weighted by molar-refractivity contribution is 5.08. The van der Waals surface area contributed by atoms with Gasteiger partial charge in [-0.05, 0) is 42.8 Å². The molecule has 0 spiro atoms. The van der Waals surface area contributed by atoms with Gasteiger partial charge in [0.1, 0.15) is 0 Å². The molecule has 0 aromatic carbocycles. The van der Waals surface area contributed by atoms with Gasteiger partial charge in [-0.3, -0.25) is 4.98 Å². The summed E-state index contributed by atoms with van der Waals surface area (Å²) in [7, 11) is 0. The monoisotopic (exact) mass is 318 g/mol. The molecule has 5 heteroatoms. The Hall–Kier alpha value is -1.58. The summed E-state index contributed by atoms with van der Waals surface area (Å²) < 4.78 is 5.68. The van der Waals surface area contributed by atoms with Crippen LogP contribution in [0.4, 0.5) is 0 Å². The van der Waals surface area contributed by atoms with Crippen LogP contribution in [0.25, 0.3) is 10.4 Å². The van der Waals surface area contributed by atoms with Crippen molar-refractivity contribution in [2.75, 3.05) is 19.8 Å². The van der Waals surface area contributed by atoms with E-state index in [2.05, 4.69) is 21.1 Å². The minimum absolute atomic E-state index is 0.647. The van der Waals surface area contributed by atoms with Crippen molar-refractivity contribution in [2.45, 2.75) is 64.2 Å². The molecule has 128 valence electrons. The summed E-state index contributed by atoms with van der Waals surface area (Å²) in [6.45, 7) is 2.38. The number of aryl methyl sites for hydroxylation is 1. The van der Waals surface area contributed by atoms with E-state index < -0.39 is 0 Å². The van der Waals surface area contributed by atoms with Gasteiger partial charge in [0.25, 0.3) is 0 Å². The fourth-order valence-electron chi connectivity index (χ4n) is 2.52. The van der Waals surface area contributed by atoms with Crippen molar-refractivity contribution in [3.8, 4) is 0 Å². The van der Waals surface area contributed by atoms with Gasteiger partial charge in [0, 0.05) is 37.1 Å². The van der Waals surface area contributed by atoms with Crippen LogP contribution in [0.1, 0.15) is 63.4 Å². The molecular formula is C18H30N4O. The Morgan fingerprint density at radius 1 is 0.957 bits per heavy atom. The first kappa shape index (κ1) is 19.5. The third-order valence-electron chi connectivity index (χ3n) is 3.84. The number of hydrogen-bond acceptors (Lipinski definition) is 3. The number of unbranched alkanes of at least 4 members (excludes halogenated alkanes) is 7. The van der Waals surface area contributed by atoms with Crippen molar-refractivity contribution in [3.05, 3.63) is 40.5 Å². The lowest BCUT2D eigenvalue weighted by Gasteiger charge is -2.05. The minimum atomic E-state index is 0.647. The number of aromatic nitrogens is 1. The van der Waals surface area contributed by atoms with Crippen molar-refractivity contribution >= 4 is 0 Å². The second-order valence-electron chi connectivity index (χ2n) is 5.86. The Bertz CT molecular complexity index is 418. The molecule has 1 heterocycles. The largest absolute Gasteiger partial charge is 0.381 e. The summed E-state index contributed by atoms with van der Waals surface area (Å²) in [4.78, 5) is 6.87. The molecule has 0 unspecified atom stereocenters. The smallest absolute Gasteiger partial charge is 0.0469 e. The van der Waals surface area contributed by atoms with Gasteiger partial charge >= 0.3 is 0 Å². The number of ether oxygens (including phenoxy) is 1. The number of hydrogen-bond donors (Lipinski definition) is 0. The summed E-state index contributed by atoms with van der Waals surface area (Å²) >= 11 is 0. The number of rotatable bonds is 15. The summed E-state index contributed by atoms with van der Waals surface area (Å²) in [5.74, 6) is 0. The molecule has 0 bridgehead atoms. The first-order chi connectivity index (χ1) is 11.4. The highest BCUT2D eigenvalue weighted by atomic mass is 16.5. The van der Waals surface area contributed by atoms with Gasteiger partial charge in [-0.15, -0.1) is 0 Å². The molecule has 1 aromatic rings. The summed E-state index contributed by atoms with van der Waals surface area (Å²) in [5.41, 5.74) is 9.44. The van der Waals surface area contributed by atoms with E-state index >= 15 is 0 Å². The highest BCUT2D eigenvalue weighted by Crippen LogP contribution is 2.09. The van der Waals surface area contributed by atoms with Crippen LogP contribution in [-0.2, 0) is 11.2 Å². The van der Waals surface area contributed by atoms with Crippen molar-refractivity contribution in [2.24, 2.45) is 5.11 Å². The molecule has 0 atom stereocenters. The van der Waals surface area contributed by atoms with Gasteiger partial charge in [0.05, 0.1) is 0 Å². The molecule has 0 radical (unpaired) electrons. The van der Waals surface area contributed by atoms with Crippen LogP contribution in [0.3, 0.4) is 0 Å². The van der Waals surface area contributed by atoms with Gasteiger partial charge in [-0.2, -0.15) is 0 Å².